The van der Waals surface area contributed by atoms with Gasteiger partial charge < -0.3 is 14.0 Å². The normalized spacial score (nSPS) is 16.4. The number of unbranched alkanes of at least 4 members (excludes halogenated alkanes) is 1. The topological polar surface area (TPSA) is 92.3 Å². The van der Waals surface area contributed by atoms with Crippen LogP contribution in [0.5, 0.6) is 11.5 Å². The third-order valence-corrected chi connectivity index (χ3v) is 6.99. The molecule has 0 bridgehead atoms. The molecule has 0 radical (unpaired) electrons. The lowest BCUT2D eigenvalue weighted by atomic mass is 10.1. The van der Waals surface area contributed by atoms with E-state index in [1.54, 1.807) is 13.2 Å². The van der Waals surface area contributed by atoms with Crippen molar-refractivity contribution in [2.75, 3.05) is 13.7 Å². The van der Waals surface area contributed by atoms with Crippen LogP contribution in [0.1, 0.15) is 31.7 Å². The lowest BCUT2D eigenvalue weighted by Gasteiger charge is -2.20. The van der Waals surface area contributed by atoms with E-state index in [-0.39, 0.29) is 11.4 Å². The van der Waals surface area contributed by atoms with E-state index in [0.29, 0.717) is 18.3 Å². The highest BCUT2D eigenvalue weighted by Gasteiger charge is 2.35. The first-order chi connectivity index (χ1) is 17.6. The number of nitrogens with one attached hydrogen (secondary N) is 1. The van der Waals surface area contributed by atoms with Gasteiger partial charge >= 0.3 is 0 Å². The Morgan fingerprint density at radius 3 is 2.67 bits per heavy atom. The van der Waals surface area contributed by atoms with E-state index in [9.17, 15) is 4.79 Å². The molecule has 0 saturated heterocycles. The zero-order valence-electron chi connectivity index (χ0n) is 20.2. The molecule has 0 fully saturated rings. The maximum absolute atomic E-state index is 12.9. The minimum Gasteiger partial charge on any atom is -0.497 e. The number of methoxy groups -OCH3 is 1. The Morgan fingerprint density at radius 2 is 1.89 bits per heavy atom. The van der Waals surface area contributed by atoms with Crippen molar-refractivity contribution in [2.45, 2.75) is 32.7 Å². The summed E-state index contributed by atoms with van der Waals surface area (Å²) in [6.45, 7) is 3.22. The smallest absolute Gasteiger partial charge is 0.283 e. The first kappa shape index (κ1) is 23.9. The fraction of sp³-hybridized carbons (Fsp3) is 0.259. The SMILES string of the molecule is CCCCC1=NN2C(=N)/C(=C/c3cn(CCOc4ccc(OC)cc4)c4ccccc34)C(=O)N=C2S1. The Bertz CT molecular complexity index is 1400. The molecule has 0 saturated carbocycles. The van der Waals surface area contributed by atoms with Crippen LogP contribution in [0.25, 0.3) is 17.0 Å². The van der Waals surface area contributed by atoms with Crippen LogP contribution in [0.4, 0.5) is 0 Å². The summed E-state index contributed by atoms with van der Waals surface area (Å²) in [6, 6.07) is 15.5. The molecule has 2 aliphatic heterocycles. The average molecular weight is 502 g/mol. The number of hydrogen-bond acceptors (Lipinski definition) is 6. The quantitative estimate of drug-likeness (QED) is 0.389. The maximum Gasteiger partial charge on any atom is 0.283 e. The number of benzene rings is 2. The molecule has 3 heterocycles. The summed E-state index contributed by atoms with van der Waals surface area (Å²) < 4.78 is 13.2. The van der Waals surface area contributed by atoms with Crippen LogP contribution in [-0.2, 0) is 11.3 Å². The molecule has 184 valence electrons. The van der Waals surface area contributed by atoms with E-state index >= 15 is 0 Å². The van der Waals surface area contributed by atoms with Gasteiger partial charge in [0, 0.05) is 22.7 Å². The molecule has 5 rings (SSSR count). The molecule has 0 aliphatic carbocycles. The van der Waals surface area contributed by atoms with E-state index in [4.69, 9.17) is 14.9 Å². The summed E-state index contributed by atoms with van der Waals surface area (Å²) in [5.41, 5.74) is 2.11. The number of amides is 1. The first-order valence-corrected chi connectivity index (χ1v) is 12.7. The first-order valence-electron chi connectivity index (χ1n) is 11.9. The van der Waals surface area contributed by atoms with Gasteiger partial charge in [0.15, 0.2) is 5.84 Å². The number of aliphatic imine (C=N–C) groups is 1. The third kappa shape index (κ3) is 4.79. The fourth-order valence-electron chi connectivity index (χ4n) is 4.13. The lowest BCUT2D eigenvalue weighted by Crippen LogP contribution is -2.35. The van der Waals surface area contributed by atoms with Gasteiger partial charge in [-0.05, 0) is 61.0 Å². The number of ether oxygens (including phenoxy) is 2. The van der Waals surface area contributed by atoms with Gasteiger partial charge in [-0.3, -0.25) is 10.2 Å². The molecule has 2 aliphatic rings. The molecule has 1 amide bonds. The van der Waals surface area contributed by atoms with Crippen LogP contribution < -0.4 is 9.47 Å². The Kier molecular flexibility index (Phi) is 6.90. The number of para-hydroxylation sites is 1. The van der Waals surface area contributed by atoms with Gasteiger partial charge in [-0.15, -0.1) is 0 Å². The van der Waals surface area contributed by atoms with Crippen LogP contribution in [0.3, 0.4) is 0 Å². The highest BCUT2D eigenvalue weighted by Crippen LogP contribution is 2.31. The summed E-state index contributed by atoms with van der Waals surface area (Å²) in [7, 11) is 1.63. The number of fused-ring (bicyclic) bond motifs is 2. The number of carbonyl (C=O) groups is 1. The van der Waals surface area contributed by atoms with Gasteiger partial charge in [0.1, 0.15) is 23.1 Å². The molecular weight excluding hydrogens is 474 g/mol. The predicted molar refractivity (Wildman–Crippen MR) is 145 cm³/mol. The second kappa shape index (κ2) is 10.4. The van der Waals surface area contributed by atoms with Crippen LogP contribution in [0.15, 0.2) is 70.4 Å². The summed E-state index contributed by atoms with van der Waals surface area (Å²) in [6.07, 6.45) is 6.63. The number of nitrogens with zero attached hydrogens (tertiary/aromatic N) is 4. The number of hydrazone groups is 1. The van der Waals surface area contributed by atoms with E-state index in [0.717, 1.165) is 52.3 Å². The Hall–Kier alpha value is -3.85. The van der Waals surface area contributed by atoms with Gasteiger partial charge in [0.2, 0.25) is 5.17 Å². The standard InChI is InChI=1S/C27H27N5O3S/c1-3-4-9-24-30-32-25(28)22(26(33)29-27(32)36-24)16-18-17-31(23-8-6-5-7-21(18)23)14-15-35-20-12-10-19(34-2)11-13-20/h5-8,10-13,16-17,28H,3-4,9,14-15H2,1-2H3/b22-16-,28-25?. The molecule has 0 unspecified atom stereocenters. The molecule has 1 N–H and O–H groups in total. The zero-order chi connectivity index (χ0) is 25.1. The minimum atomic E-state index is -0.412. The number of aromatic nitrogens is 1. The number of hydrogen-bond donors (Lipinski definition) is 1. The van der Waals surface area contributed by atoms with Gasteiger partial charge in [0.25, 0.3) is 5.91 Å². The van der Waals surface area contributed by atoms with Crippen LogP contribution in [-0.4, -0.2) is 45.2 Å². The molecule has 0 spiro atoms. The minimum absolute atomic E-state index is 0.0590. The van der Waals surface area contributed by atoms with Crippen molar-refractivity contribution in [3.8, 4) is 11.5 Å². The van der Waals surface area contributed by atoms with Crippen LogP contribution in [0, 0.1) is 5.41 Å². The predicted octanol–water partition coefficient (Wildman–Crippen LogP) is 5.54. The van der Waals surface area contributed by atoms with Crippen molar-refractivity contribution in [2.24, 2.45) is 10.1 Å². The second-order valence-electron chi connectivity index (χ2n) is 8.44. The van der Waals surface area contributed by atoms with Gasteiger partial charge in [-0.2, -0.15) is 15.1 Å². The van der Waals surface area contributed by atoms with Crippen molar-refractivity contribution >= 4 is 50.7 Å². The van der Waals surface area contributed by atoms with Crippen LogP contribution >= 0.6 is 11.8 Å². The van der Waals surface area contributed by atoms with E-state index in [1.807, 2.05) is 54.7 Å². The number of amidine groups is 2. The van der Waals surface area contributed by atoms with Gasteiger partial charge in [-0.25, -0.2) is 0 Å². The molecule has 1 aromatic heterocycles. The van der Waals surface area contributed by atoms with Crippen molar-refractivity contribution in [1.82, 2.24) is 9.58 Å². The monoisotopic (exact) mass is 501 g/mol. The third-order valence-electron chi connectivity index (χ3n) is 6.02. The number of rotatable bonds is 9. The van der Waals surface area contributed by atoms with Crippen molar-refractivity contribution in [3.63, 3.8) is 0 Å². The second-order valence-corrected chi connectivity index (χ2v) is 9.48. The zero-order valence-corrected chi connectivity index (χ0v) is 21.0. The molecule has 3 aromatic rings. The summed E-state index contributed by atoms with van der Waals surface area (Å²) >= 11 is 1.38. The number of thioether (sulfide) groups is 1. The summed E-state index contributed by atoms with van der Waals surface area (Å²) in [5.74, 6) is 1.20. The average Bonchev–Trinajstić information content (AvgIpc) is 3.47. The van der Waals surface area contributed by atoms with Gasteiger partial charge in [-0.1, -0.05) is 31.5 Å². The van der Waals surface area contributed by atoms with Crippen molar-refractivity contribution in [3.05, 3.63) is 65.9 Å². The number of carbonyl (C=O) groups excluding carboxylic acids is 1. The molecule has 8 nitrogen and oxygen atoms in total. The summed E-state index contributed by atoms with van der Waals surface area (Å²) in [5, 5.41) is 17.0. The lowest BCUT2D eigenvalue weighted by molar-refractivity contribution is -0.114. The molecule has 36 heavy (non-hydrogen) atoms. The van der Waals surface area contributed by atoms with E-state index in [1.165, 1.54) is 16.8 Å². The Morgan fingerprint density at radius 1 is 1.11 bits per heavy atom. The highest BCUT2D eigenvalue weighted by molar-refractivity contribution is 8.26. The molecule has 9 heteroatoms. The molecular formula is C27H27N5O3S. The Labute approximate surface area is 213 Å². The molecule has 0 atom stereocenters. The van der Waals surface area contributed by atoms with Crippen molar-refractivity contribution < 1.29 is 14.3 Å². The fourth-order valence-corrected chi connectivity index (χ4v) is 5.05. The maximum atomic E-state index is 12.9. The van der Waals surface area contributed by atoms with Crippen LogP contribution in [0.2, 0.25) is 0 Å². The van der Waals surface area contributed by atoms with Gasteiger partial charge in [0.05, 0.1) is 19.2 Å². The van der Waals surface area contributed by atoms with E-state index < -0.39 is 5.91 Å². The summed E-state index contributed by atoms with van der Waals surface area (Å²) in [4.78, 5) is 17.1. The largest absolute Gasteiger partial charge is 0.497 e. The van der Waals surface area contributed by atoms with E-state index in [2.05, 4.69) is 21.6 Å². The highest BCUT2D eigenvalue weighted by atomic mass is 32.2. The Balaban J connectivity index is 1.37. The molecule has 2 aromatic carbocycles. The van der Waals surface area contributed by atoms with Crippen molar-refractivity contribution in [1.29, 1.82) is 5.41 Å².